The number of piperidine rings is 1. The van der Waals surface area contributed by atoms with Gasteiger partial charge in [-0.15, -0.1) is 0 Å². The van der Waals surface area contributed by atoms with Crippen LogP contribution in [0, 0.1) is 5.92 Å². The van der Waals surface area contributed by atoms with Crippen LogP contribution in [0.5, 0.6) is 5.75 Å². The molecule has 0 bridgehead atoms. The van der Waals surface area contributed by atoms with E-state index in [2.05, 4.69) is 22.1 Å². The normalized spacial score (nSPS) is 15.8. The van der Waals surface area contributed by atoms with Crippen molar-refractivity contribution in [3.8, 4) is 5.75 Å². The highest BCUT2D eigenvalue weighted by Gasteiger charge is 2.21. The number of pyridine rings is 1. The number of carbonyl (C=O) groups is 1. The number of aryl methyl sites for hydroxylation is 1. The molecule has 0 unspecified atom stereocenters. The molecule has 2 aromatic heterocycles. The Bertz CT molecular complexity index is 1290. The lowest BCUT2D eigenvalue weighted by molar-refractivity contribution is -0.120. The maximum Gasteiger partial charge on any atom is 0.293 e. The second-order valence-electron chi connectivity index (χ2n) is 9.27. The van der Waals surface area contributed by atoms with Gasteiger partial charge in [-0.3, -0.25) is 9.59 Å². The van der Waals surface area contributed by atoms with Crippen LogP contribution in [-0.2, 0) is 11.3 Å². The molecule has 1 atom stereocenters. The number of anilines is 3. The number of hydrogen-bond donors (Lipinski definition) is 1. The van der Waals surface area contributed by atoms with Crippen molar-refractivity contribution >= 4 is 45.7 Å². The van der Waals surface area contributed by atoms with Crippen LogP contribution in [0.3, 0.4) is 0 Å². The molecule has 0 radical (unpaired) electrons. The minimum Gasteiger partial charge on any atom is -0.480 e. The van der Waals surface area contributed by atoms with Crippen LogP contribution in [-0.4, -0.2) is 40.0 Å². The zero-order chi connectivity index (χ0) is 25.7. The molecule has 1 aliphatic heterocycles. The van der Waals surface area contributed by atoms with E-state index in [4.69, 9.17) is 21.3 Å². The summed E-state index contributed by atoms with van der Waals surface area (Å²) in [7, 11) is 0. The first kappa shape index (κ1) is 25.9. The topological polar surface area (TPSA) is 89.3 Å². The highest BCUT2D eigenvalue weighted by molar-refractivity contribution is 6.32. The lowest BCUT2D eigenvalue weighted by Gasteiger charge is -2.32. The van der Waals surface area contributed by atoms with Gasteiger partial charge in [0.15, 0.2) is 17.4 Å². The van der Waals surface area contributed by atoms with E-state index in [0.29, 0.717) is 35.7 Å². The first-order valence-corrected chi connectivity index (χ1v) is 13.2. The molecule has 9 heteroatoms. The highest BCUT2D eigenvalue weighted by Crippen LogP contribution is 2.29. The lowest BCUT2D eigenvalue weighted by atomic mass is 9.96. The predicted octanol–water partition coefficient (Wildman–Crippen LogP) is 5.58. The number of Topliss-reactive ketones (excluding diaryl/α,β-unsaturated/α-hetero) is 1. The second kappa shape index (κ2) is 11.7. The van der Waals surface area contributed by atoms with Gasteiger partial charge in [-0.25, -0.2) is 4.98 Å². The first-order chi connectivity index (χ1) is 17.4. The number of carbonyl (C=O) groups excluding carboxylic acids is 1. The van der Waals surface area contributed by atoms with E-state index >= 15 is 0 Å². The molecule has 3 aromatic rings. The van der Waals surface area contributed by atoms with E-state index in [9.17, 15) is 9.59 Å². The summed E-state index contributed by atoms with van der Waals surface area (Å²) in [5, 5.41) is 4.57. The molecule has 192 valence electrons. The molecular weight excluding hydrogens is 478 g/mol. The van der Waals surface area contributed by atoms with Crippen molar-refractivity contribution in [2.45, 2.75) is 59.4 Å². The summed E-state index contributed by atoms with van der Waals surface area (Å²) in [5.41, 5.74) is 1.34. The molecule has 0 aliphatic carbocycles. The maximum absolute atomic E-state index is 13.0. The fraction of sp³-hybridized carbons (Fsp3) is 0.481. The average Bonchev–Trinajstić information content (AvgIpc) is 2.90. The molecule has 3 heterocycles. The van der Waals surface area contributed by atoms with Crippen molar-refractivity contribution in [3.05, 3.63) is 45.8 Å². The fourth-order valence-corrected chi connectivity index (χ4v) is 4.70. The van der Waals surface area contributed by atoms with Crippen molar-refractivity contribution in [3.63, 3.8) is 0 Å². The molecule has 1 N–H and O–H groups in total. The number of benzene rings is 1. The number of nitrogens with one attached hydrogen (secondary N) is 1. The van der Waals surface area contributed by atoms with Crippen molar-refractivity contribution < 1.29 is 9.53 Å². The third-order valence-electron chi connectivity index (χ3n) is 6.66. The van der Waals surface area contributed by atoms with Crippen molar-refractivity contribution in [2.24, 2.45) is 5.92 Å². The van der Waals surface area contributed by atoms with Crippen LogP contribution in [0.4, 0.5) is 17.5 Å². The van der Waals surface area contributed by atoms with Gasteiger partial charge in [0, 0.05) is 37.1 Å². The quantitative estimate of drug-likeness (QED) is 0.380. The van der Waals surface area contributed by atoms with Gasteiger partial charge in [0.25, 0.3) is 5.56 Å². The van der Waals surface area contributed by atoms with Crippen LogP contribution in [0.25, 0.3) is 10.9 Å². The molecule has 1 aliphatic rings. The van der Waals surface area contributed by atoms with E-state index in [-0.39, 0.29) is 23.7 Å². The molecule has 4 rings (SSSR count). The zero-order valence-electron chi connectivity index (χ0n) is 21.2. The van der Waals surface area contributed by atoms with Gasteiger partial charge < -0.3 is 19.5 Å². The molecule has 36 heavy (non-hydrogen) atoms. The van der Waals surface area contributed by atoms with Gasteiger partial charge >= 0.3 is 0 Å². The van der Waals surface area contributed by atoms with Crippen LogP contribution in [0.15, 0.2) is 35.3 Å². The third-order valence-corrected chi connectivity index (χ3v) is 6.94. The maximum atomic E-state index is 13.0. The smallest absolute Gasteiger partial charge is 0.293 e. The standard InChI is InChI=1S/C27H34ClN5O3/c1-4-11-33-23-10-9-20(13-19(23)14-24(26(33)35)36-17-21(34)6-3)30-25-22(28)15-29-27(31-25)32-12-7-8-18(5-2)16-32/h9-10,13-15,18H,4-8,11-12,16-17H2,1-3H3,(H,29,30,31)/t18-/m0/s1. The molecule has 0 saturated carbocycles. The van der Waals surface area contributed by atoms with E-state index in [0.717, 1.165) is 48.9 Å². The summed E-state index contributed by atoms with van der Waals surface area (Å²) in [6, 6.07) is 7.44. The van der Waals surface area contributed by atoms with Gasteiger partial charge in [-0.1, -0.05) is 38.8 Å². The van der Waals surface area contributed by atoms with E-state index in [1.165, 1.54) is 6.42 Å². The van der Waals surface area contributed by atoms with Crippen molar-refractivity contribution in [1.82, 2.24) is 14.5 Å². The van der Waals surface area contributed by atoms with Gasteiger partial charge in [-0.2, -0.15) is 4.98 Å². The van der Waals surface area contributed by atoms with Gasteiger partial charge in [0.05, 0.1) is 11.7 Å². The largest absolute Gasteiger partial charge is 0.480 e. The molecule has 0 amide bonds. The van der Waals surface area contributed by atoms with Crippen molar-refractivity contribution in [2.75, 3.05) is 29.9 Å². The molecular formula is C27H34ClN5O3. The molecule has 1 saturated heterocycles. The SMILES string of the molecule is CCCn1c(=O)c(OCC(=O)CC)cc2cc(Nc3nc(N4CCC[C@H](CC)C4)ncc3Cl)ccc21. The summed E-state index contributed by atoms with van der Waals surface area (Å²) in [6.07, 6.45) is 6.31. The van der Waals surface area contributed by atoms with E-state index in [1.807, 2.05) is 25.1 Å². The Balaban J connectivity index is 1.65. The number of rotatable bonds is 10. The Hall–Kier alpha value is -3.13. The van der Waals surface area contributed by atoms with Crippen LogP contribution >= 0.6 is 11.6 Å². The Morgan fingerprint density at radius 1 is 1.25 bits per heavy atom. The number of halogens is 1. The first-order valence-electron chi connectivity index (χ1n) is 12.8. The highest BCUT2D eigenvalue weighted by atomic mass is 35.5. The Morgan fingerprint density at radius 3 is 2.83 bits per heavy atom. The molecule has 0 spiro atoms. The average molecular weight is 512 g/mol. The summed E-state index contributed by atoms with van der Waals surface area (Å²) in [6.45, 7) is 8.34. The zero-order valence-corrected chi connectivity index (χ0v) is 22.0. The van der Waals surface area contributed by atoms with Gasteiger partial charge in [0.1, 0.15) is 11.6 Å². The Labute approximate surface area is 216 Å². The predicted molar refractivity (Wildman–Crippen MR) is 145 cm³/mol. The third kappa shape index (κ3) is 5.81. The monoisotopic (exact) mass is 511 g/mol. The Morgan fingerprint density at radius 2 is 2.08 bits per heavy atom. The number of hydrogen-bond acceptors (Lipinski definition) is 7. The summed E-state index contributed by atoms with van der Waals surface area (Å²) in [4.78, 5) is 36.2. The fourth-order valence-electron chi connectivity index (χ4n) is 4.56. The number of ether oxygens (including phenoxy) is 1. The molecule has 1 fully saturated rings. The van der Waals surface area contributed by atoms with Crippen LogP contribution in [0.1, 0.15) is 52.9 Å². The second-order valence-corrected chi connectivity index (χ2v) is 9.68. The van der Waals surface area contributed by atoms with Crippen LogP contribution < -0.4 is 20.5 Å². The lowest BCUT2D eigenvalue weighted by Crippen LogP contribution is -2.36. The number of fused-ring (bicyclic) bond motifs is 1. The van der Waals surface area contributed by atoms with Gasteiger partial charge in [-0.05, 0) is 49.4 Å². The Kier molecular flexibility index (Phi) is 8.46. The van der Waals surface area contributed by atoms with E-state index < -0.39 is 0 Å². The number of nitrogens with zero attached hydrogens (tertiary/aromatic N) is 4. The van der Waals surface area contributed by atoms with Gasteiger partial charge in [0.2, 0.25) is 5.95 Å². The van der Waals surface area contributed by atoms with Crippen molar-refractivity contribution in [1.29, 1.82) is 0 Å². The number of ketones is 1. The minimum absolute atomic E-state index is 0.0554. The molecule has 8 nitrogen and oxygen atoms in total. The summed E-state index contributed by atoms with van der Waals surface area (Å²) >= 11 is 6.45. The summed E-state index contributed by atoms with van der Waals surface area (Å²) in [5.74, 6) is 1.98. The van der Waals surface area contributed by atoms with E-state index in [1.54, 1.807) is 23.8 Å². The number of aromatic nitrogens is 3. The summed E-state index contributed by atoms with van der Waals surface area (Å²) < 4.78 is 7.31. The molecule has 1 aromatic carbocycles. The minimum atomic E-state index is -0.232. The van der Waals surface area contributed by atoms with Crippen LogP contribution in [0.2, 0.25) is 5.02 Å².